The van der Waals surface area contributed by atoms with Gasteiger partial charge >= 0.3 is 24.3 Å². The van der Waals surface area contributed by atoms with Crippen LogP contribution in [0.3, 0.4) is 0 Å². The number of nitrogens with zero attached hydrogens (tertiary/aromatic N) is 3. The number of likely N-dealkylation sites (tertiary alicyclic amines) is 3. The lowest BCUT2D eigenvalue weighted by atomic mass is 9.65. The van der Waals surface area contributed by atoms with Crippen molar-refractivity contribution in [3.8, 4) is 0 Å². The van der Waals surface area contributed by atoms with E-state index in [4.69, 9.17) is 19.8 Å². The minimum Gasteiger partial charge on any atom is -0.475 e. The highest BCUT2D eigenvalue weighted by molar-refractivity contribution is 7.11. The second kappa shape index (κ2) is 13.1. The Morgan fingerprint density at radius 1 is 0.905 bits per heavy atom. The summed E-state index contributed by atoms with van der Waals surface area (Å²) in [7, 11) is 2.24. The normalized spacial score (nSPS) is 25.8. The number of aliphatic carboxylic acids is 2. The summed E-state index contributed by atoms with van der Waals surface area (Å²) in [5.74, 6) is -4.43. The molecular formula is C27H37F6N3O5S. The second-order valence-corrected chi connectivity index (χ2v) is 13.0. The number of aryl methyl sites for hydroxylation is 1. The summed E-state index contributed by atoms with van der Waals surface area (Å²) in [6, 6.07) is 4.54. The van der Waals surface area contributed by atoms with E-state index < -0.39 is 24.3 Å². The van der Waals surface area contributed by atoms with Gasteiger partial charge in [0.15, 0.2) is 0 Å². The second-order valence-electron chi connectivity index (χ2n) is 11.7. The Labute approximate surface area is 244 Å². The summed E-state index contributed by atoms with van der Waals surface area (Å²) >= 11 is 1.94. The van der Waals surface area contributed by atoms with Crippen LogP contribution in [0.5, 0.6) is 0 Å². The summed E-state index contributed by atoms with van der Waals surface area (Å²) < 4.78 is 63.5. The SMILES string of the molecule is Cc1ccc(CN2CCC3(CC2)CC[C@@]2(C(=O)N4CCCC4)CN(C)C[C@@H]32)s1.O=C(O)C(F)(F)F.O=C(O)C(F)(F)F. The van der Waals surface area contributed by atoms with Crippen molar-refractivity contribution in [2.45, 2.75) is 64.3 Å². The van der Waals surface area contributed by atoms with Gasteiger partial charge in [-0.25, -0.2) is 9.59 Å². The number of carboxylic acid groups (broad SMARTS) is 2. The summed E-state index contributed by atoms with van der Waals surface area (Å²) in [6.07, 6.45) is -2.80. The Balaban J connectivity index is 0.000000289. The van der Waals surface area contributed by atoms with Gasteiger partial charge in [0.2, 0.25) is 5.91 Å². The average Bonchev–Trinajstić information content (AvgIpc) is 3.67. The number of piperidine rings is 1. The van der Waals surface area contributed by atoms with Gasteiger partial charge in [-0.3, -0.25) is 9.69 Å². The molecule has 1 aromatic heterocycles. The monoisotopic (exact) mass is 629 g/mol. The number of fused-ring (bicyclic) bond motifs is 2. The molecule has 3 aliphatic heterocycles. The van der Waals surface area contributed by atoms with Crippen molar-refractivity contribution in [2.24, 2.45) is 16.7 Å². The summed E-state index contributed by atoms with van der Waals surface area (Å²) in [5, 5.41) is 14.2. The maximum atomic E-state index is 13.6. The van der Waals surface area contributed by atoms with E-state index >= 15 is 0 Å². The number of hydrogen-bond acceptors (Lipinski definition) is 6. The van der Waals surface area contributed by atoms with Crippen LogP contribution >= 0.6 is 11.3 Å². The predicted molar refractivity (Wildman–Crippen MR) is 142 cm³/mol. The van der Waals surface area contributed by atoms with Crippen molar-refractivity contribution in [3.63, 3.8) is 0 Å². The first-order valence-corrected chi connectivity index (χ1v) is 14.6. The van der Waals surface area contributed by atoms with Crippen LogP contribution in [0.25, 0.3) is 0 Å². The number of carboxylic acids is 2. The molecule has 5 rings (SSSR count). The van der Waals surface area contributed by atoms with Crippen molar-refractivity contribution in [1.82, 2.24) is 14.7 Å². The van der Waals surface area contributed by atoms with Crippen LogP contribution in [0.4, 0.5) is 26.3 Å². The van der Waals surface area contributed by atoms with Gasteiger partial charge < -0.3 is 20.0 Å². The smallest absolute Gasteiger partial charge is 0.475 e. The molecule has 1 aliphatic carbocycles. The Morgan fingerprint density at radius 2 is 1.43 bits per heavy atom. The summed E-state index contributed by atoms with van der Waals surface area (Å²) in [5.41, 5.74) is 0.328. The van der Waals surface area contributed by atoms with E-state index in [0.717, 1.165) is 39.1 Å². The largest absolute Gasteiger partial charge is 0.490 e. The molecule has 0 aromatic carbocycles. The van der Waals surface area contributed by atoms with E-state index in [1.807, 2.05) is 11.3 Å². The maximum absolute atomic E-state index is 13.6. The molecule has 238 valence electrons. The number of thiophene rings is 1. The van der Waals surface area contributed by atoms with Crippen LogP contribution in [-0.2, 0) is 20.9 Å². The highest BCUT2D eigenvalue weighted by atomic mass is 32.1. The van der Waals surface area contributed by atoms with E-state index in [-0.39, 0.29) is 5.41 Å². The van der Waals surface area contributed by atoms with Crippen LogP contribution in [0.2, 0.25) is 0 Å². The minimum absolute atomic E-state index is 0.0773. The number of rotatable bonds is 3. The first-order valence-electron chi connectivity index (χ1n) is 13.8. The quantitative estimate of drug-likeness (QED) is 0.461. The van der Waals surface area contributed by atoms with Gasteiger partial charge in [0.1, 0.15) is 0 Å². The van der Waals surface area contributed by atoms with Crippen LogP contribution in [-0.4, -0.2) is 101 Å². The van der Waals surface area contributed by atoms with E-state index in [0.29, 0.717) is 17.2 Å². The zero-order chi connectivity index (χ0) is 31.5. The number of amides is 1. The van der Waals surface area contributed by atoms with Gasteiger partial charge in [0, 0.05) is 42.5 Å². The molecule has 1 aromatic rings. The molecular weight excluding hydrogens is 592 g/mol. The topological polar surface area (TPSA) is 101 Å². The lowest BCUT2D eigenvalue weighted by Crippen LogP contribution is -2.49. The van der Waals surface area contributed by atoms with Gasteiger partial charge in [0.25, 0.3) is 0 Å². The van der Waals surface area contributed by atoms with Crippen LogP contribution in [0, 0.1) is 23.7 Å². The number of halogens is 6. The lowest BCUT2D eigenvalue weighted by molar-refractivity contribution is -0.193. The van der Waals surface area contributed by atoms with Gasteiger partial charge in [0.05, 0.1) is 5.41 Å². The first-order chi connectivity index (χ1) is 19.4. The Bertz CT molecular complexity index is 1090. The third-order valence-corrected chi connectivity index (χ3v) is 9.84. The highest BCUT2D eigenvalue weighted by Crippen LogP contribution is 2.62. The van der Waals surface area contributed by atoms with E-state index in [1.165, 1.54) is 54.9 Å². The molecule has 0 bridgehead atoms. The molecule has 1 spiro atoms. The lowest BCUT2D eigenvalue weighted by Gasteiger charge is -2.45. The molecule has 2 N–H and O–H groups in total. The molecule has 8 nitrogen and oxygen atoms in total. The maximum Gasteiger partial charge on any atom is 0.490 e. The van der Waals surface area contributed by atoms with Crippen molar-refractivity contribution in [3.05, 3.63) is 21.9 Å². The highest BCUT2D eigenvalue weighted by Gasteiger charge is 2.64. The zero-order valence-corrected chi connectivity index (χ0v) is 24.4. The van der Waals surface area contributed by atoms with Gasteiger partial charge in [-0.1, -0.05) is 0 Å². The van der Waals surface area contributed by atoms with Crippen molar-refractivity contribution >= 4 is 29.2 Å². The van der Waals surface area contributed by atoms with Crippen LogP contribution in [0.15, 0.2) is 12.1 Å². The molecule has 3 saturated heterocycles. The Morgan fingerprint density at radius 3 is 1.88 bits per heavy atom. The fourth-order valence-corrected chi connectivity index (χ4v) is 7.86. The van der Waals surface area contributed by atoms with Crippen LogP contribution in [0.1, 0.15) is 48.3 Å². The molecule has 42 heavy (non-hydrogen) atoms. The van der Waals surface area contributed by atoms with Gasteiger partial charge in [-0.05, 0) is 89.1 Å². The standard InChI is InChI=1S/C23H35N3OS.2C2HF3O2/c1-18-5-6-19(28-18)15-25-13-9-22(10-14-25)7-8-23(17-24(2)16-20(22)23)21(27)26-11-3-4-12-26;2*3-2(4,5)1(6)7/h5-6,20H,3-4,7-17H2,1-2H3;2*(H,6,7)/t20-,23+;;/m0../s1. The van der Waals surface area contributed by atoms with E-state index in [1.54, 1.807) is 0 Å². The molecule has 1 amide bonds. The zero-order valence-electron chi connectivity index (χ0n) is 23.6. The number of hydrogen-bond donors (Lipinski definition) is 2. The summed E-state index contributed by atoms with van der Waals surface area (Å²) in [6.45, 7) is 9.82. The van der Waals surface area contributed by atoms with Gasteiger partial charge in [-0.2, -0.15) is 26.3 Å². The van der Waals surface area contributed by atoms with Crippen LogP contribution < -0.4 is 0 Å². The van der Waals surface area contributed by atoms with Crippen molar-refractivity contribution in [1.29, 1.82) is 0 Å². The molecule has 2 atom stereocenters. The fraction of sp³-hybridized carbons (Fsp3) is 0.741. The average molecular weight is 630 g/mol. The molecule has 0 radical (unpaired) electrons. The van der Waals surface area contributed by atoms with E-state index in [9.17, 15) is 31.1 Å². The Kier molecular flexibility index (Phi) is 10.6. The minimum atomic E-state index is -5.08. The van der Waals surface area contributed by atoms with Crippen molar-refractivity contribution < 1.29 is 50.9 Å². The molecule has 4 heterocycles. The third-order valence-electron chi connectivity index (χ3n) is 8.85. The number of carbonyl (C=O) groups is 3. The molecule has 4 aliphatic rings. The molecule has 0 unspecified atom stereocenters. The Hall–Kier alpha value is -2.39. The molecule has 1 saturated carbocycles. The third kappa shape index (κ3) is 7.95. The first kappa shape index (κ1) is 34.1. The van der Waals surface area contributed by atoms with Crippen molar-refractivity contribution in [2.75, 3.05) is 46.3 Å². The van der Waals surface area contributed by atoms with Gasteiger partial charge in [-0.15, -0.1) is 11.3 Å². The number of alkyl halides is 6. The van der Waals surface area contributed by atoms with E-state index in [2.05, 4.69) is 40.8 Å². The number of carbonyl (C=O) groups excluding carboxylic acids is 1. The summed E-state index contributed by atoms with van der Waals surface area (Å²) in [4.78, 5) is 41.6. The predicted octanol–water partition coefficient (Wildman–Crippen LogP) is 4.87. The fourth-order valence-electron chi connectivity index (χ4n) is 6.93. The molecule has 15 heteroatoms. The molecule has 4 fully saturated rings.